The number of hydrogen-bond donors (Lipinski definition) is 2. The predicted molar refractivity (Wildman–Crippen MR) is 90.8 cm³/mol. The van der Waals surface area contributed by atoms with Crippen LogP contribution in [-0.4, -0.2) is 15.6 Å². The van der Waals surface area contributed by atoms with Crippen molar-refractivity contribution in [3.05, 3.63) is 64.7 Å². The van der Waals surface area contributed by atoms with Gasteiger partial charge in [-0.2, -0.15) is 0 Å². The number of carbonyl (C=O) groups excluding carboxylic acids is 1. The van der Waals surface area contributed by atoms with E-state index >= 15 is 0 Å². The Morgan fingerprint density at radius 1 is 1.09 bits per heavy atom. The van der Waals surface area contributed by atoms with Gasteiger partial charge in [-0.05, 0) is 24.6 Å². The molecule has 3 rings (SSSR count). The van der Waals surface area contributed by atoms with Crippen molar-refractivity contribution in [3.63, 3.8) is 0 Å². The molecule has 6 nitrogen and oxygen atoms in total. The molecule has 0 fully saturated rings. The van der Waals surface area contributed by atoms with Crippen LogP contribution in [0.25, 0.3) is 10.8 Å². The van der Waals surface area contributed by atoms with E-state index in [1.165, 1.54) is 4.57 Å². The number of nitrogens with zero attached hydrogens (tertiary/aromatic N) is 2. The number of aromatic nitrogens is 2. The van der Waals surface area contributed by atoms with E-state index in [1.54, 1.807) is 43.7 Å². The molecule has 0 saturated heterocycles. The Kier molecular flexibility index (Phi) is 3.80. The van der Waals surface area contributed by atoms with Crippen LogP contribution in [0.1, 0.15) is 5.56 Å². The fourth-order valence-corrected chi connectivity index (χ4v) is 2.33. The molecule has 0 bridgehead atoms. The molecule has 2 heterocycles. The van der Waals surface area contributed by atoms with E-state index < -0.39 is 6.03 Å². The van der Waals surface area contributed by atoms with Crippen LogP contribution >= 0.6 is 0 Å². The lowest BCUT2D eigenvalue weighted by molar-refractivity contribution is 0.262. The van der Waals surface area contributed by atoms with Crippen LogP contribution in [0.4, 0.5) is 16.3 Å². The molecule has 2 aromatic heterocycles. The molecule has 2 N–H and O–H groups in total. The minimum Gasteiger partial charge on any atom is -0.316 e. The maximum Gasteiger partial charge on any atom is 0.324 e. The van der Waals surface area contributed by atoms with Gasteiger partial charge in [-0.15, -0.1) is 0 Å². The number of benzene rings is 1. The Bertz CT molecular complexity index is 929. The zero-order valence-electron chi connectivity index (χ0n) is 12.8. The van der Waals surface area contributed by atoms with E-state index in [2.05, 4.69) is 15.6 Å². The van der Waals surface area contributed by atoms with Gasteiger partial charge >= 0.3 is 6.03 Å². The zero-order valence-corrected chi connectivity index (χ0v) is 12.8. The lowest BCUT2D eigenvalue weighted by Crippen LogP contribution is -2.23. The molecule has 0 radical (unpaired) electrons. The molecule has 0 spiro atoms. The van der Waals surface area contributed by atoms with Crippen LogP contribution in [0.5, 0.6) is 0 Å². The van der Waals surface area contributed by atoms with Gasteiger partial charge in [0.05, 0.1) is 5.69 Å². The molecule has 0 aliphatic rings. The molecule has 0 aliphatic carbocycles. The van der Waals surface area contributed by atoms with E-state index in [1.807, 2.05) is 19.1 Å². The molecule has 23 heavy (non-hydrogen) atoms. The van der Waals surface area contributed by atoms with Gasteiger partial charge < -0.3 is 9.88 Å². The first-order valence-corrected chi connectivity index (χ1v) is 7.13. The summed E-state index contributed by atoms with van der Waals surface area (Å²) in [5.74, 6) is 0.460. The molecule has 0 unspecified atom stereocenters. The second kappa shape index (κ2) is 5.92. The van der Waals surface area contributed by atoms with E-state index in [0.29, 0.717) is 22.3 Å². The summed E-state index contributed by atoms with van der Waals surface area (Å²) in [4.78, 5) is 28.4. The molecule has 0 atom stereocenters. The SMILES string of the molecule is Cc1ccc(NC(=O)Nc2cn(C)c(=O)c3ccccc23)nc1. The fourth-order valence-electron chi connectivity index (χ4n) is 2.33. The second-order valence-electron chi connectivity index (χ2n) is 5.30. The lowest BCUT2D eigenvalue weighted by atomic mass is 10.1. The van der Waals surface area contributed by atoms with Crippen molar-refractivity contribution in [1.82, 2.24) is 9.55 Å². The summed E-state index contributed by atoms with van der Waals surface area (Å²) in [6, 6.07) is 10.3. The summed E-state index contributed by atoms with van der Waals surface area (Å²) in [6.07, 6.45) is 3.28. The third kappa shape index (κ3) is 3.06. The van der Waals surface area contributed by atoms with Gasteiger partial charge in [-0.25, -0.2) is 9.78 Å². The van der Waals surface area contributed by atoms with Crippen molar-refractivity contribution >= 4 is 28.3 Å². The highest BCUT2D eigenvalue weighted by molar-refractivity contribution is 6.05. The minimum absolute atomic E-state index is 0.105. The highest BCUT2D eigenvalue weighted by Crippen LogP contribution is 2.20. The number of amides is 2. The highest BCUT2D eigenvalue weighted by Gasteiger charge is 2.10. The van der Waals surface area contributed by atoms with Gasteiger partial charge in [-0.1, -0.05) is 24.3 Å². The van der Waals surface area contributed by atoms with Crippen LogP contribution < -0.4 is 16.2 Å². The molecular weight excluding hydrogens is 292 g/mol. The summed E-state index contributed by atoms with van der Waals surface area (Å²) in [5.41, 5.74) is 1.47. The van der Waals surface area contributed by atoms with Crippen molar-refractivity contribution in [2.24, 2.45) is 7.05 Å². The first kappa shape index (κ1) is 14.8. The third-order valence-corrected chi connectivity index (χ3v) is 3.49. The van der Waals surface area contributed by atoms with E-state index in [4.69, 9.17) is 0 Å². The van der Waals surface area contributed by atoms with Crippen LogP contribution in [-0.2, 0) is 7.05 Å². The number of anilines is 2. The van der Waals surface area contributed by atoms with Crippen molar-refractivity contribution in [1.29, 1.82) is 0 Å². The van der Waals surface area contributed by atoms with Gasteiger partial charge in [0, 0.05) is 30.2 Å². The normalized spacial score (nSPS) is 10.5. The van der Waals surface area contributed by atoms with Gasteiger partial charge in [0.25, 0.3) is 5.56 Å². The van der Waals surface area contributed by atoms with Gasteiger partial charge in [-0.3, -0.25) is 10.1 Å². The van der Waals surface area contributed by atoms with Crippen molar-refractivity contribution in [3.8, 4) is 0 Å². The zero-order chi connectivity index (χ0) is 16.4. The molecular formula is C17H16N4O2. The maximum absolute atomic E-state index is 12.2. The standard InChI is InChI=1S/C17H16N4O2/c1-11-7-8-15(18-9-11)20-17(23)19-14-10-21(2)16(22)13-6-4-3-5-12(13)14/h3-10H,1-2H3,(H2,18,19,20,23). The van der Waals surface area contributed by atoms with E-state index in [9.17, 15) is 9.59 Å². The Morgan fingerprint density at radius 2 is 1.83 bits per heavy atom. The fraction of sp³-hybridized carbons (Fsp3) is 0.118. The number of carbonyl (C=O) groups is 1. The summed E-state index contributed by atoms with van der Waals surface area (Å²) >= 11 is 0. The first-order chi connectivity index (χ1) is 11.0. The van der Waals surface area contributed by atoms with E-state index in [-0.39, 0.29) is 5.56 Å². The minimum atomic E-state index is -0.412. The molecule has 0 aliphatic heterocycles. The Labute approximate surface area is 132 Å². The van der Waals surface area contributed by atoms with Gasteiger partial charge in [0.2, 0.25) is 0 Å². The Hall–Kier alpha value is -3.15. The van der Waals surface area contributed by atoms with Crippen molar-refractivity contribution in [2.45, 2.75) is 6.92 Å². The molecule has 2 amide bonds. The molecule has 1 aromatic carbocycles. The number of urea groups is 1. The molecule has 0 saturated carbocycles. The van der Waals surface area contributed by atoms with Crippen LogP contribution in [0.2, 0.25) is 0 Å². The maximum atomic E-state index is 12.2. The second-order valence-corrected chi connectivity index (χ2v) is 5.30. The summed E-state index contributed by atoms with van der Waals surface area (Å²) in [7, 11) is 1.65. The highest BCUT2D eigenvalue weighted by atomic mass is 16.2. The van der Waals surface area contributed by atoms with Crippen molar-refractivity contribution < 1.29 is 4.79 Å². The largest absolute Gasteiger partial charge is 0.324 e. The summed E-state index contributed by atoms with van der Waals surface area (Å²) in [5, 5.41) is 6.69. The lowest BCUT2D eigenvalue weighted by Gasteiger charge is -2.11. The van der Waals surface area contributed by atoms with Gasteiger partial charge in [0.1, 0.15) is 5.82 Å². The molecule has 116 valence electrons. The number of fused-ring (bicyclic) bond motifs is 1. The first-order valence-electron chi connectivity index (χ1n) is 7.13. The molecule has 3 aromatic rings. The summed E-state index contributed by atoms with van der Waals surface area (Å²) < 4.78 is 1.45. The smallest absolute Gasteiger partial charge is 0.316 e. The predicted octanol–water partition coefficient (Wildman–Crippen LogP) is 2.89. The average Bonchev–Trinajstić information content (AvgIpc) is 2.54. The van der Waals surface area contributed by atoms with Crippen LogP contribution in [0.3, 0.4) is 0 Å². The molecule has 6 heteroatoms. The van der Waals surface area contributed by atoms with E-state index in [0.717, 1.165) is 5.56 Å². The Morgan fingerprint density at radius 3 is 2.52 bits per heavy atom. The van der Waals surface area contributed by atoms with Crippen molar-refractivity contribution in [2.75, 3.05) is 10.6 Å². The quantitative estimate of drug-likeness (QED) is 0.764. The number of pyridine rings is 2. The third-order valence-electron chi connectivity index (χ3n) is 3.49. The number of hydrogen-bond acceptors (Lipinski definition) is 3. The average molecular weight is 308 g/mol. The topological polar surface area (TPSA) is 76.0 Å². The summed E-state index contributed by atoms with van der Waals surface area (Å²) in [6.45, 7) is 1.92. The number of aryl methyl sites for hydroxylation is 2. The van der Waals surface area contributed by atoms with Gasteiger partial charge in [0.15, 0.2) is 0 Å². The number of rotatable bonds is 2. The van der Waals surface area contributed by atoms with Crippen LogP contribution in [0.15, 0.2) is 53.6 Å². The Balaban J connectivity index is 1.89. The number of nitrogens with one attached hydrogen (secondary N) is 2. The monoisotopic (exact) mass is 308 g/mol. The van der Waals surface area contributed by atoms with Crippen LogP contribution in [0, 0.1) is 6.92 Å².